The zero-order valence-corrected chi connectivity index (χ0v) is 9.90. The van der Waals surface area contributed by atoms with E-state index in [2.05, 4.69) is 27.7 Å². The lowest BCUT2D eigenvalue weighted by Gasteiger charge is -2.37. The van der Waals surface area contributed by atoms with E-state index in [9.17, 15) is 0 Å². The Bertz CT molecular complexity index is 138. The first-order valence-electron chi connectivity index (χ1n) is 6.14. The molecule has 1 unspecified atom stereocenters. The van der Waals surface area contributed by atoms with Crippen LogP contribution in [0, 0.1) is 17.3 Å². The molecule has 1 fully saturated rings. The molecule has 0 heteroatoms. The lowest BCUT2D eigenvalue weighted by Crippen LogP contribution is -2.28. The highest BCUT2D eigenvalue weighted by atomic mass is 14.4. The molecule has 0 aromatic rings. The van der Waals surface area contributed by atoms with Crippen molar-refractivity contribution in [3.05, 3.63) is 0 Å². The Balaban J connectivity index is 2.57. The second kappa shape index (κ2) is 4.48. The quantitative estimate of drug-likeness (QED) is 0.594. The molecular formula is C13H26. The van der Waals surface area contributed by atoms with Gasteiger partial charge in [0.05, 0.1) is 0 Å². The van der Waals surface area contributed by atoms with Crippen molar-refractivity contribution in [3.8, 4) is 0 Å². The Morgan fingerprint density at radius 2 is 1.62 bits per heavy atom. The first kappa shape index (κ1) is 11.1. The van der Waals surface area contributed by atoms with E-state index in [1.807, 2.05) is 0 Å². The standard InChI is InChI=1S/C13H26/c1-5-13(4,6-2)11(3)12-9-7-8-10-12/h11-12H,5-10H2,1-4H3. The molecular weight excluding hydrogens is 156 g/mol. The van der Waals surface area contributed by atoms with Crippen LogP contribution < -0.4 is 0 Å². The minimum Gasteiger partial charge on any atom is -0.0649 e. The molecule has 1 rings (SSSR count). The molecule has 0 aromatic carbocycles. The zero-order chi connectivity index (χ0) is 9.90. The fourth-order valence-electron chi connectivity index (χ4n) is 2.92. The summed E-state index contributed by atoms with van der Waals surface area (Å²) in [5.41, 5.74) is 0.606. The number of rotatable bonds is 4. The molecule has 1 aliphatic rings. The average molecular weight is 182 g/mol. The van der Waals surface area contributed by atoms with E-state index in [1.54, 1.807) is 0 Å². The van der Waals surface area contributed by atoms with Crippen LogP contribution in [-0.4, -0.2) is 0 Å². The molecule has 0 saturated heterocycles. The van der Waals surface area contributed by atoms with E-state index in [0.717, 1.165) is 11.8 Å². The summed E-state index contributed by atoms with van der Waals surface area (Å²) in [6, 6.07) is 0. The van der Waals surface area contributed by atoms with E-state index >= 15 is 0 Å². The molecule has 78 valence electrons. The molecule has 1 aliphatic carbocycles. The molecule has 0 aromatic heterocycles. The highest BCUT2D eigenvalue weighted by Crippen LogP contribution is 2.44. The van der Waals surface area contributed by atoms with Crippen molar-refractivity contribution in [2.75, 3.05) is 0 Å². The van der Waals surface area contributed by atoms with Crippen molar-refractivity contribution in [1.29, 1.82) is 0 Å². The molecule has 13 heavy (non-hydrogen) atoms. The maximum atomic E-state index is 2.49. The molecule has 0 radical (unpaired) electrons. The van der Waals surface area contributed by atoms with E-state index < -0.39 is 0 Å². The van der Waals surface area contributed by atoms with Crippen LogP contribution in [0.1, 0.15) is 66.2 Å². The van der Waals surface area contributed by atoms with Gasteiger partial charge in [0.1, 0.15) is 0 Å². The maximum absolute atomic E-state index is 2.49. The SMILES string of the molecule is CCC(C)(CC)C(C)C1CCCC1. The van der Waals surface area contributed by atoms with Crippen molar-refractivity contribution in [2.45, 2.75) is 66.2 Å². The monoisotopic (exact) mass is 182 g/mol. The van der Waals surface area contributed by atoms with Crippen LogP contribution >= 0.6 is 0 Å². The molecule has 0 nitrogen and oxygen atoms in total. The van der Waals surface area contributed by atoms with Crippen molar-refractivity contribution in [1.82, 2.24) is 0 Å². The zero-order valence-electron chi connectivity index (χ0n) is 9.90. The van der Waals surface area contributed by atoms with E-state index in [0.29, 0.717) is 5.41 Å². The molecule has 0 spiro atoms. The van der Waals surface area contributed by atoms with Gasteiger partial charge in [-0.25, -0.2) is 0 Å². The van der Waals surface area contributed by atoms with Crippen molar-refractivity contribution < 1.29 is 0 Å². The summed E-state index contributed by atoms with van der Waals surface area (Å²) in [6.45, 7) is 9.68. The van der Waals surface area contributed by atoms with Crippen LogP contribution in [0.2, 0.25) is 0 Å². The van der Waals surface area contributed by atoms with Crippen LogP contribution in [-0.2, 0) is 0 Å². The fraction of sp³-hybridized carbons (Fsp3) is 1.00. The van der Waals surface area contributed by atoms with Gasteiger partial charge in [0.2, 0.25) is 0 Å². The Morgan fingerprint density at radius 3 is 2.00 bits per heavy atom. The minimum absolute atomic E-state index is 0.606. The smallest absolute Gasteiger partial charge is 0.0303 e. The van der Waals surface area contributed by atoms with Gasteiger partial charge in [-0.1, -0.05) is 66.2 Å². The van der Waals surface area contributed by atoms with Gasteiger partial charge < -0.3 is 0 Å². The molecule has 1 atom stereocenters. The predicted octanol–water partition coefficient (Wildman–Crippen LogP) is 4.64. The fourth-order valence-corrected chi connectivity index (χ4v) is 2.92. The van der Waals surface area contributed by atoms with E-state index in [1.165, 1.54) is 38.5 Å². The summed E-state index contributed by atoms with van der Waals surface area (Å²) in [6.07, 6.45) is 8.66. The van der Waals surface area contributed by atoms with Crippen LogP contribution in [0.5, 0.6) is 0 Å². The second-order valence-electron chi connectivity index (χ2n) is 5.19. The van der Waals surface area contributed by atoms with Gasteiger partial charge in [0, 0.05) is 0 Å². The summed E-state index contributed by atoms with van der Waals surface area (Å²) in [5, 5.41) is 0. The lowest BCUT2D eigenvalue weighted by atomic mass is 9.68. The second-order valence-corrected chi connectivity index (χ2v) is 5.19. The molecule has 0 aliphatic heterocycles. The average Bonchev–Trinajstić information content (AvgIpc) is 2.68. The van der Waals surface area contributed by atoms with Crippen molar-refractivity contribution in [2.24, 2.45) is 17.3 Å². The molecule has 1 saturated carbocycles. The summed E-state index contributed by atoms with van der Waals surface area (Å²) >= 11 is 0. The third-order valence-corrected chi connectivity index (χ3v) is 4.82. The predicted molar refractivity (Wildman–Crippen MR) is 59.8 cm³/mol. The van der Waals surface area contributed by atoms with Crippen LogP contribution in [0.4, 0.5) is 0 Å². The van der Waals surface area contributed by atoms with Gasteiger partial charge >= 0.3 is 0 Å². The van der Waals surface area contributed by atoms with Crippen LogP contribution in [0.3, 0.4) is 0 Å². The summed E-state index contributed by atoms with van der Waals surface area (Å²) < 4.78 is 0. The van der Waals surface area contributed by atoms with Crippen LogP contribution in [0.25, 0.3) is 0 Å². The molecule has 0 bridgehead atoms. The normalized spacial score (nSPS) is 22.2. The highest BCUT2D eigenvalue weighted by molar-refractivity contribution is 4.84. The first-order chi connectivity index (χ1) is 6.14. The third-order valence-electron chi connectivity index (χ3n) is 4.82. The van der Waals surface area contributed by atoms with Gasteiger partial charge in [-0.05, 0) is 17.3 Å². The molecule has 0 N–H and O–H groups in total. The Kier molecular flexibility index (Phi) is 3.82. The summed E-state index contributed by atoms with van der Waals surface area (Å²) in [4.78, 5) is 0. The van der Waals surface area contributed by atoms with Gasteiger partial charge in [0.15, 0.2) is 0 Å². The maximum Gasteiger partial charge on any atom is -0.0303 e. The van der Waals surface area contributed by atoms with Gasteiger partial charge in [-0.2, -0.15) is 0 Å². The summed E-state index contributed by atoms with van der Waals surface area (Å²) in [5.74, 6) is 1.97. The van der Waals surface area contributed by atoms with Gasteiger partial charge in [-0.3, -0.25) is 0 Å². The number of hydrogen-bond acceptors (Lipinski definition) is 0. The highest BCUT2D eigenvalue weighted by Gasteiger charge is 2.34. The van der Waals surface area contributed by atoms with Crippen LogP contribution in [0.15, 0.2) is 0 Å². The van der Waals surface area contributed by atoms with E-state index in [4.69, 9.17) is 0 Å². The van der Waals surface area contributed by atoms with Gasteiger partial charge in [-0.15, -0.1) is 0 Å². The largest absolute Gasteiger partial charge is 0.0649 e. The lowest BCUT2D eigenvalue weighted by molar-refractivity contribution is 0.124. The Labute approximate surface area is 84.1 Å². The molecule has 0 amide bonds. The minimum atomic E-state index is 0.606. The van der Waals surface area contributed by atoms with Gasteiger partial charge in [0.25, 0.3) is 0 Å². The first-order valence-corrected chi connectivity index (χ1v) is 6.14. The topological polar surface area (TPSA) is 0 Å². The molecule has 0 heterocycles. The van der Waals surface area contributed by atoms with E-state index in [-0.39, 0.29) is 0 Å². The third kappa shape index (κ3) is 2.27. The summed E-state index contributed by atoms with van der Waals surface area (Å²) in [7, 11) is 0. The van der Waals surface area contributed by atoms with Crippen molar-refractivity contribution in [3.63, 3.8) is 0 Å². The van der Waals surface area contributed by atoms with Crippen molar-refractivity contribution >= 4 is 0 Å². The Morgan fingerprint density at radius 1 is 1.15 bits per heavy atom. The number of hydrogen-bond donors (Lipinski definition) is 0. The Hall–Kier alpha value is 0.